The lowest BCUT2D eigenvalue weighted by molar-refractivity contribution is 0.332. The van der Waals surface area contributed by atoms with Gasteiger partial charge < -0.3 is 0 Å². The Hall–Kier alpha value is -2.41. The first-order valence-electron chi connectivity index (χ1n) is 10.3. The minimum Gasteiger partial charge on any atom is -0.207 e. The van der Waals surface area contributed by atoms with E-state index in [1.165, 1.54) is 59.6 Å². The number of hydrogen-bond acceptors (Lipinski definition) is 0. The highest BCUT2D eigenvalue weighted by Gasteiger charge is 2.29. The van der Waals surface area contributed by atoms with Gasteiger partial charge >= 0.3 is 0 Å². The number of halogens is 1. The van der Waals surface area contributed by atoms with Crippen molar-refractivity contribution in [3.63, 3.8) is 0 Å². The molecule has 0 N–H and O–H groups in total. The SMILES string of the molecule is Fc1ccccc1CC1=CC(C2CCCCC2)c2cccc3cccc1c23. The molecule has 0 spiro atoms. The second-order valence-electron chi connectivity index (χ2n) is 8.13. The molecule has 1 fully saturated rings. The van der Waals surface area contributed by atoms with Crippen LogP contribution in [0.2, 0.25) is 0 Å². The van der Waals surface area contributed by atoms with E-state index in [1.807, 2.05) is 12.1 Å². The average molecular weight is 356 g/mol. The van der Waals surface area contributed by atoms with Crippen molar-refractivity contribution in [1.82, 2.24) is 0 Å². The van der Waals surface area contributed by atoms with Gasteiger partial charge in [-0.1, -0.05) is 79.9 Å². The molecule has 0 heterocycles. The minimum absolute atomic E-state index is 0.0985. The third-order valence-electron chi connectivity index (χ3n) is 6.52. The van der Waals surface area contributed by atoms with Gasteiger partial charge in [-0.05, 0) is 57.9 Å². The Bertz CT molecular complexity index is 1000. The van der Waals surface area contributed by atoms with Gasteiger partial charge in [0.2, 0.25) is 0 Å². The molecule has 2 aliphatic carbocycles. The summed E-state index contributed by atoms with van der Waals surface area (Å²) in [7, 11) is 0. The first-order valence-corrected chi connectivity index (χ1v) is 10.3. The monoisotopic (exact) mass is 356 g/mol. The van der Waals surface area contributed by atoms with E-state index >= 15 is 0 Å². The number of benzene rings is 3. The van der Waals surface area contributed by atoms with Crippen LogP contribution in [0.1, 0.15) is 54.7 Å². The lowest BCUT2D eigenvalue weighted by Gasteiger charge is -2.33. The summed E-state index contributed by atoms with van der Waals surface area (Å²) in [5, 5.41) is 2.70. The van der Waals surface area contributed by atoms with Crippen molar-refractivity contribution in [3.05, 3.63) is 89.2 Å². The number of hydrogen-bond donors (Lipinski definition) is 0. The third kappa shape index (κ3) is 3.00. The molecule has 27 heavy (non-hydrogen) atoms. The molecule has 3 aromatic carbocycles. The zero-order valence-electron chi connectivity index (χ0n) is 15.6. The fraction of sp³-hybridized carbons (Fsp3) is 0.308. The molecule has 1 heteroatoms. The van der Waals surface area contributed by atoms with Crippen LogP contribution >= 0.6 is 0 Å². The first-order chi connectivity index (χ1) is 13.3. The summed E-state index contributed by atoms with van der Waals surface area (Å²) in [5.74, 6) is 1.08. The highest BCUT2D eigenvalue weighted by atomic mass is 19.1. The van der Waals surface area contributed by atoms with Gasteiger partial charge in [0.05, 0.1) is 0 Å². The maximum Gasteiger partial charge on any atom is 0.126 e. The van der Waals surface area contributed by atoms with Crippen LogP contribution < -0.4 is 0 Å². The summed E-state index contributed by atoms with van der Waals surface area (Å²) in [5.41, 5.74) is 4.85. The predicted octanol–water partition coefficient (Wildman–Crippen LogP) is 7.28. The molecule has 0 bridgehead atoms. The van der Waals surface area contributed by atoms with E-state index in [1.54, 1.807) is 12.1 Å². The van der Waals surface area contributed by atoms with E-state index in [2.05, 4.69) is 42.5 Å². The standard InChI is InChI=1S/C26H25F/c27-25-15-5-4-10-20(25)16-21-17-24(18-8-2-1-3-9-18)23-14-7-12-19-11-6-13-22(21)26(19)23/h4-7,10-15,17-18,24H,1-3,8-9,16H2. The zero-order chi connectivity index (χ0) is 18.2. The van der Waals surface area contributed by atoms with Crippen LogP contribution in [0.3, 0.4) is 0 Å². The maximum absolute atomic E-state index is 14.4. The number of rotatable bonds is 3. The van der Waals surface area contributed by atoms with E-state index in [0.29, 0.717) is 18.3 Å². The summed E-state index contributed by atoms with van der Waals surface area (Å²) < 4.78 is 14.4. The second kappa shape index (κ2) is 6.96. The van der Waals surface area contributed by atoms with Gasteiger partial charge in [-0.3, -0.25) is 0 Å². The molecule has 1 atom stereocenters. The molecule has 1 unspecified atom stereocenters. The summed E-state index contributed by atoms with van der Waals surface area (Å²) >= 11 is 0. The van der Waals surface area contributed by atoms with Crippen molar-refractivity contribution in [1.29, 1.82) is 0 Å². The zero-order valence-corrected chi connectivity index (χ0v) is 15.6. The van der Waals surface area contributed by atoms with E-state index in [9.17, 15) is 4.39 Å². The molecule has 0 aromatic heterocycles. The predicted molar refractivity (Wildman–Crippen MR) is 111 cm³/mol. The van der Waals surface area contributed by atoms with E-state index < -0.39 is 0 Å². The lowest BCUT2D eigenvalue weighted by Crippen LogP contribution is -2.18. The van der Waals surface area contributed by atoms with Crippen LogP contribution in [0, 0.1) is 11.7 Å². The molecule has 136 valence electrons. The van der Waals surface area contributed by atoms with E-state index in [0.717, 1.165) is 5.56 Å². The summed E-state index contributed by atoms with van der Waals surface area (Å²) in [6.45, 7) is 0. The maximum atomic E-state index is 14.4. The Labute approximate surface area is 160 Å². The van der Waals surface area contributed by atoms with Crippen LogP contribution in [-0.2, 0) is 6.42 Å². The molecule has 0 amide bonds. The molecular formula is C26H25F. The van der Waals surface area contributed by atoms with Gasteiger partial charge in [0.15, 0.2) is 0 Å². The fourth-order valence-electron chi connectivity index (χ4n) is 5.20. The Kier molecular flexibility index (Phi) is 4.32. The van der Waals surface area contributed by atoms with Gasteiger partial charge in [0.25, 0.3) is 0 Å². The minimum atomic E-state index is -0.0985. The fourth-order valence-corrected chi connectivity index (χ4v) is 5.20. The number of allylic oxidation sites excluding steroid dienone is 2. The first kappa shape index (κ1) is 16.7. The highest BCUT2D eigenvalue weighted by Crippen LogP contribution is 2.46. The summed E-state index contributed by atoms with van der Waals surface area (Å²) in [6, 6.07) is 20.5. The van der Waals surface area contributed by atoms with E-state index in [-0.39, 0.29) is 5.82 Å². The van der Waals surface area contributed by atoms with Crippen molar-refractivity contribution < 1.29 is 4.39 Å². The third-order valence-corrected chi connectivity index (χ3v) is 6.52. The molecule has 1 saturated carbocycles. The quantitative estimate of drug-likeness (QED) is 0.462. The van der Waals surface area contributed by atoms with Crippen molar-refractivity contribution in [2.45, 2.75) is 44.4 Å². The van der Waals surface area contributed by atoms with Gasteiger partial charge in [-0.2, -0.15) is 0 Å². The van der Waals surface area contributed by atoms with Crippen molar-refractivity contribution in [2.24, 2.45) is 5.92 Å². The Balaban J connectivity index is 1.65. The normalized spacial score (nSPS) is 19.9. The molecule has 0 saturated heterocycles. The van der Waals surface area contributed by atoms with Crippen LogP contribution in [0.4, 0.5) is 4.39 Å². The molecule has 0 aliphatic heterocycles. The summed E-state index contributed by atoms with van der Waals surface area (Å²) in [4.78, 5) is 0. The molecule has 0 nitrogen and oxygen atoms in total. The van der Waals surface area contributed by atoms with Gasteiger partial charge in [0.1, 0.15) is 5.82 Å². The van der Waals surface area contributed by atoms with Crippen LogP contribution in [-0.4, -0.2) is 0 Å². The van der Waals surface area contributed by atoms with Gasteiger partial charge in [0, 0.05) is 12.3 Å². The summed E-state index contributed by atoms with van der Waals surface area (Å²) in [6.07, 6.45) is 9.82. The average Bonchev–Trinajstić information content (AvgIpc) is 2.72. The Morgan fingerprint density at radius 1 is 0.815 bits per heavy atom. The highest BCUT2D eigenvalue weighted by molar-refractivity contribution is 5.99. The van der Waals surface area contributed by atoms with Gasteiger partial charge in [-0.15, -0.1) is 0 Å². The molecule has 3 aromatic rings. The molecule has 0 radical (unpaired) electrons. The van der Waals surface area contributed by atoms with Crippen molar-refractivity contribution in [3.8, 4) is 0 Å². The smallest absolute Gasteiger partial charge is 0.126 e. The topological polar surface area (TPSA) is 0 Å². The van der Waals surface area contributed by atoms with Crippen LogP contribution in [0.25, 0.3) is 16.3 Å². The lowest BCUT2D eigenvalue weighted by atomic mass is 9.71. The largest absolute Gasteiger partial charge is 0.207 e. The van der Waals surface area contributed by atoms with E-state index in [4.69, 9.17) is 0 Å². The van der Waals surface area contributed by atoms with Crippen molar-refractivity contribution in [2.75, 3.05) is 0 Å². The molecular weight excluding hydrogens is 331 g/mol. The molecule has 5 rings (SSSR count). The van der Waals surface area contributed by atoms with Crippen LogP contribution in [0.5, 0.6) is 0 Å². The second-order valence-corrected chi connectivity index (χ2v) is 8.13. The Morgan fingerprint density at radius 2 is 1.59 bits per heavy atom. The Morgan fingerprint density at radius 3 is 2.41 bits per heavy atom. The molecule has 2 aliphatic rings. The van der Waals surface area contributed by atoms with Gasteiger partial charge in [-0.25, -0.2) is 4.39 Å². The van der Waals surface area contributed by atoms with Crippen molar-refractivity contribution >= 4 is 16.3 Å². The van der Waals surface area contributed by atoms with Crippen LogP contribution in [0.15, 0.2) is 66.7 Å².